The zero-order chi connectivity index (χ0) is 13.7. The van der Waals surface area contributed by atoms with Gasteiger partial charge in [0.05, 0.1) is 12.3 Å². The number of aryl methyl sites for hydroxylation is 1. The third-order valence-electron chi connectivity index (χ3n) is 4.29. The van der Waals surface area contributed by atoms with Crippen molar-refractivity contribution in [1.82, 2.24) is 4.98 Å². The summed E-state index contributed by atoms with van der Waals surface area (Å²) in [6.45, 7) is 5.12. The lowest BCUT2D eigenvalue weighted by Gasteiger charge is -2.15. The van der Waals surface area contributed by atoms with Crippen LogP contribution in [0.25, 0.3) is 11.6 Å². The minimum atomic E-state index is -0.125. The van der Waals surface area contributed by atoms with E-state index in [1.807, 2.05) is 12.3 Å². The summed E-state index contributed by atoms with van der Waals surface area (Å²) in [5.74, 6) is 0. The van der Waals surface area contributed by atoms with E-state index in [2.05, 4.69) is 49.2 Å². The summed E-state index contributed by atoms with van der Waals surface area (Å²) in [7, 11) is 0. The van der Waals surface area contributed by atoms with E-state index in [0.29, 0.717) is 0 Å². The van der Waals surface area contributed by atoms with Gasteiger partial charge in [-0.25, -0.2) is 0 Å². The maximum Gasteiger partial charge on any atom is 0.114 e. The quantitative estimate of drug-likeness (QED) is 0.734. The first-order chi connectivity index (χ1) is 9.66. The molecule has 1 fully saturated rings. The van der Waals surface area contributed by atoms with Gasteiger partial charge in [0, 0.05) is 12.6 Å². The molecule has 2 aliphatic rings. The Morgan fingerprint density at radius 1 is 1.25 bits per heavy atom. The molecule has 1 aromatic heterocycles. The fourth-order valence-electron chi connectivity index (χ4n) is 2.94. The minimum Gasteiger partial charge on any atom is -0.365 e. The van der Waals surface area contributed by atoms with Crippen molar-refractivity contribution in [3.05, 3.63) is 64.5 Å². The Labute approximate surface area is 119 Å². The van der Waals surface area contributed by atoms with Crippen molar-refractivity contribution in [3.8, 4) is 0 Å². The molecule has 2 aromatic rings. The van der Waals surface area contributed by atoms with Crippen LogP contribution in [0, 0.1) is 6.92 Å². The molecular formula is C18H17NO. The van der Waals surface area contributed by atoms with Crippen molar-refractivity contribution in [3.63, 3.8) is 0 Å². The van der Waals surface area contributed by atoms with Crippen molar-refractivity contribution < 1.29 is 4.74 Å². The van der Waals surface area contributed by atoms with E-state index in [1.54, 1.807) is 0 Å². The average Bonchev–Trinajstić information content (AvgIpc) is 3.20. The number of ether oxygens (including phenoxy) is 1. The van der Waals surface area contributed by atoms with Gasteiger partial charge in [-0.05, 0) is 48.3 Å². The van der Waals surface area contributed by atoms with Crippen LogP contribution in [0.1, 0.15) is 34.9 Å². The van der Waals surface area contributed by atoms with Crippen LogP contribution in [0.2, 0.25) is 0 Å². The summed E-state index contributed by atoms with van der Waals surface area (Å²) >= 11 is 0. The van der Waals surface area contributed by atoms with Crippen LogP contribution in [0.4, 0.5) is 0 Å². The zero-order valence-corrected chi connectivity index (χ0v) is 11.8. The number of rotatable bonds is 1. The Bertz CT molecular complexity index is 726. The molecule has 0 bridgehead atoms. The molecule has 0 spiro atoms. The minimum absolute atomic E-state index is 0.125. The molecule has 1 aromatic carbocycles. The van der Waals surface area contributed by atoms with Crippen molar-refractivity contribution >= 4 is 11.6 Å². The number of pyridine rings is 1. The lowest BCUT2D eigenvalue weighted by molar-refractivity contribution is 0.378. The van der Waals surface area contributed by atoms with E-state index in [-0.39, 0.29) is 5.60 Å². The first kappa shape index (κ1) is 11.9. The molecular weight excluding hydrogens is 246 g/mol. The number of nitrogens with zero attached hydrogens (tertiary/aromatic N) is 1. The Balaban J connectivity index is 1.99. The molecule has 1 aliphatic carbocycles. The number of epoxide rings is 1. The van der Waals surface area contributed by atoms with Crippen molar-refractivity contribution in [1.29, 1.82) is 0 Å². The molecule has 0 radical (unpaired) electrons. The molecule has 2 nitrogen and oxygen atoms in total. The summed E-state index contributed by atoms with van der Waals surface area (Å²) in [6.07, 6.45) is 5.03. The predicted octanol–water partition coefficient (Wildman–Crippen LogP) is 3.62. The van der Waals surface area contributed by atoms with E-state index in [1.165, 1.54) is 27.8 Å². The second kappa shape index (κ2) is 4.03. The number of aromatic nitrogens is 1. The SMILES string of the molecule is Cc1ccc2c(c1)C(C1(C)CO1)=Cc1cccnc1C2. The zero-order valence-electron chi connectivity index (χ0n) is 11.8. The molecule has 2 heterocycles. The smallest absolute Gasteiger partial charge is 0.114 e. The Morgan fingerprint density at radius 2 is 2.10 bits per heavy atom. The topological polar surface area (TPSA) is 25.4 Å². The highest BCUT2D eigenvalue weighted by Crippen LogP contribution is 2.44. The van der Waals surface area contributed by atoms with Gasteiger partial charge in [0.25, 0.3) is 0 Å². The van der Waals surface area contributed by atoms with Gasteiger partial charge in [-0.15, -0.1) is 0 Å². The summed E-state index contributed by atoms with van der Waals surface area (Å²) in [4.78, 5) is 4.55. The Morgan fingerprint density at radius 3 is 2.90 bits per heavy atom. The van der Waals surface area contributed by atoms with Crippen molar-refractivity contribution in [2.75, 3.05) is 6.61 Å². The van der Waals surface area contributed by atoms with Crippen LogP contribution in [0.3, 0.4) is 0 Å². The van der Waals surface area contributed by atoms with E-state index >= 15 is 0 Å². The molecule has 1 saturated heterocycles. The number of hydrogen-bond donors (Lipinski definition) is 0. The Kier molecular flexibility index (Phi) is 2.39. The van der Waals surface area contributed by atoms with Gasteiger partial charge < -0.3 is 4.74 Å². The molecule has 2 heteroatoms. The first-order valence-electron chi connectivity index (χ1n) is 7.06. The van der Waals surface area contributed by atoms with Crippen LogP contribution >= 0.6 is 0 Å². The van der Waals surface area contributed by atoms with E-state index in [9.17, 15) is 0 Å². The molecule has 1 aliphatic heterocycles. The molecule has 0 saturated carbocycles. The molecule has 1 atom stereocenters. The number of hydrogen-bond acceptors (Lipinski definition) is 2. The van der Waals surface area contributed by atoms with Crippen molar-refractivity contribution in [2.45, 2.75) is 25.9 Å². The molecule has 0 N–H and O–H groups in total. The van der Waals surface area contributed by atoms with Crippen LogP contribution < -0.4 is 0 Å². The summed E-state index contributed by atoms with van der Waals surface area (Å²) in [5.41, 5.74) is 7.49. The molecule has 20 heavy (non-hydrogen) atoms. The number of fused-ring (bicyclic) bond motifs is 2. The van der Waals surface area contributed by atoms with Gasteiger partial charge in [-0.1, -0.05) is 29.8 Å². The predicted molar refractivity (Wildman–Crippen MR) is 80.5 cm³/mol. The molecule has 0 amide bonds. The fourth-order valence-corrected chi connectivity index (χ4v) is 2.94. The normalized spacial score (nSPS) is 23.4. The largest absolute Gasteiger partial charge is 0.365 e. The second-order valence-corrected chi connectivity index (χ2v) is 5.95. The lowest BCUT2D eigenvalue weighted by Crippen LogP contribution is -2.09. The first-order valence-corrected chi connectivity index (χ1v) is 7.06. The van der Waals surface area contributed by atoms with Crippen LogP contribution in [0.15, 0.2) is 36.5 Å². The Hall–Kier alpha value is -1.93. The third kappa shape index (κ3) is 1.80. The van der Waals surface area contributed by atoms with Gasteiger partial charge in [0.1, 0.15) is 5.60 Å². The maximum absolute atomic E-state index is 5.71. The summed E-state index contributed by atoms with van der Waals surface area (Å²) in [6, 6.07) is 10.8. The third-order valence-corrected chi connectivity index (χ3v) is 4.29. The van der Waals surface area contributed by atoms with Crippen LogP contribution in [0.5, 0.6) is 0 Å². The monoisotopic (exact) mass is 263 g/mol. The highest BCUT2D eigenvalue weighted by atomic mass is 16.6. The van der Waals surface area contributed by atoms with Gasteiger partial charge in [-0.3, -0.25) is 4.98 Å². The molecule has 4 rings (SSSR count). The highest BCUT2D eigenvalue weighted by Gasteiger charge is 2.44. The van der Waals surface area contributed by atoms with Gasteiger partial charge >= 0.3 is 0 Å². The van der Waals surface area contributed by atoms with Crippen molar-refractivity contribution in [2.24, 2.45) is 0 Å². The van der Waals surface area contributed by atoms with Crippen LogP contribution in [-0.2, 0) is 11.2 Å². The average molecular weight is 263 g/mol. The standard InChI is InChI=1S/C18H17NO/c1-12-5-6-13-10-17-14(4-3-7-19-17)9-16(15(13)8-12)18(2)11-20-18/h3-9H,10-11H2,1-2H3. The number of benzene rings is 1. The van der Waals surface area contributed by atoms with E-state index < -0.39 is 0 Å². The molecule has 1 unspecified atom stereocenters. The maximum atomic E-state index is 5.71. The van der Waals surface area contributed by atoms with Gasteiger partial charge in [0.15, 0.2) is 0 Å². The van der Waals surface area contributed by atoms with Crippen LogP contribution in [-0.4, -0.2) is 17.2 Å². The molecule has 100 valence electrons. The second-order valence-electron chi connectivity index (χ2n) is 5.95. The highest BCUT2D eigenvalue weighted by molar-refractivity contribution is 5.90. The van der Waals surface area contributed by atoms with E-state index in [4.69, 9.17) is 4.74 Å². The fraction of sp³-hybridized carbons (Fsp3) is 0.278. The summed E-state index contributed by atoms with van der Waals surface area (Å²) < 4.78 is 5.71. The van der Waals surface area contributed by atoms with E-state index in [0.717, 1.165) is 18.7 Å². The van der Waals surface area contributed by atoms with Gasteiger partial charge in [-0.2, -0.15) is 0 Å². The summed E-state index contributed by atoms with van der Waals surface area (Å²) in [5, 5.41) is 0. The lowest BCUT2D eigenvalue weighted by atomic mass is 9.89. The van der Waals surface area contributed by atoms with Gasteiger partial charge in [0.2, 0.25) is 0 Å².